The molecule has 10 heavy (non-hydrogen) atoms. The van der Waals surface area contributed by atoms with Crippen LogP contribution in [0.15, 0.2) is 0 Å². The predicted molar refractivity (Wildman–Crippen MR) is 27.2 cm³/mol. The van der Waals surface area contributed by atoms with Crippen LogP contribution >= 0.6 is 0 Å². The maximum absolute atomic E-state index is 11.6. The van der Waals surface area contributed by atoms with Gasteiger partial charge in [0.15, 0.2) is 0 Å². The Morgan fingerprint density at radius 2 is 1.70 bits per heavy atom. The maximum atomic E-state index is 11.6. The topological polar surface area (TPSA) is 9.23 Å². The van der Waals surface area contributed by atoms with E-state index in [0.29, 0.717) is 25.2 Å². The maximum Gasteiger partial charge on any atom is 0.523 e. The van der Waals surface area contributed by atoms with E-state index in [4.69, 9.17) is 0 Å². The summed E-state index contributed by atoms with van der Waals surface area (Å²) in [5.41, 5.74) is -0.775. The van der Waals surface area contributed by atoms with Gasteiger partial charge in [0.2, 0.25) is 0 Å². The van der Waals surface area contributed by atoms with Crippen molar-refractivity contribution in [2.75, 3.05) is 0 Å². The molecule has 3 saturated carbocycles. The quantitative estimate of drug-likeness (QED) is 0.558. The van der Waals surface area contributed by atoms with Crippen LogP contribution in [0.4, 0.5) is 13.2 Å². The van der Waals surface area contributed by atoms with Crippen molar-refractivity contribution in [3.8, 4) is 0 Å². The number of alkyl halides is 3. The molecule has 2 bridgehead atoms. The van der Waals surface area contributed by atoms with Crippen molar-refractivity contribution in [2.24, 2.45) is 5.92 Å². The molecule has 0 aromatic rings. The lowest BCUT2D eigenvalue weighted by Gasteiger charge is -2.60. The Morgan fingerprint density at radius 1 is 1.20 bits per heavy atom. The van der Waals surface area contributed by atoms with E-state index in [1.165, 1.54) is 0 Å². The largest absolute Gasteiger partial charge is 0.523 e. The van der Waals surface area contributed by atoms with Crippen LogP contribution in [0.2, 0.25) is 0 Å². The third-order valence-electron chi connectivity index (χ3n) is 2.31. The Balaban J connectivity index is 1.90. The normalized spacial score (nSPS) is 44.1. The molecule has 0 atom stereocenters. The van der Waals surface area contributed by atoms with Crippen LogP contribution in [0, 0.1) is 5.92 Å². The van der Waals surface area contributed by atoms with Gasteiger partial charge in [-0.15, -0.1) is 13.2 Å². The SMILES string of the molecule is FC(F)(F)OC12CC(C1)C2. The number of rotatable bonds is 1. The minimum absolute atomic E-state index is 0.530. The van der Waals surface area contributed by atoms with Gasteiger partial charge in [0, 0.05) is 0 Å². The molecule has 3 rings (SSSR count). The minimum Gasteiger partial charge on any atom is -0.285 e. The molecule has 0 aromatic carbocycles. The molecule has 4 heteroatoms. The zero-order chi connectivity index (χ0) is 7.41. The van der Waals surface area contributed by atoms with Crippen molar-refractivity contribution in [3.63, 3.8) is 0 Å². The Labute approximate surface area is 56.2 Å². The Hall–Kier alpha value is -0.250. The van der Waals surface area contributed by atoms with Crippen LogP contribution in [-0.2, 0) is 4.74 Å². The summed E-state index contributed by atoms with van der Waals surface area (Å²) in [6.45, 7) is 0. The molecule has 0 amide bonds. The Kier molecular flexibility index (Phi) is 0.966. The molecule has 0 unspecified atom stereocenters. The summed E-state index contributed by atoms with van der Waals surface area (Å²) in [7, 11) is 0. The first kappa shape index (κ1) is 6.46. The van der Waals surface area contributed by atoms with E-state index in [2.05, 4.69) is 4.74 Å². The molecule has 0 aromatic heterocycles. The van der Waals surface area contributed by atoms with E-state index in [9.17, 15) is 13.2 Å². The summed E-state index contributed by atoms with van der Waals surface area (Å²) in [4.78, 5) is 0. The van der Waals surface area contributed by atoms with Crippen LogP contribution in [0.5, 0.6) is 0 Å². The summed E-state index contributed by atoms with van der Waals surface area (Å²) in [6, 6.07) is 0. The predicted octanol–water partition coefficient (Wildman–Crippen LogP) is 2.08. The fourth-order valence-electron chi connectivity index (χ4n) is 1.77. The van der Waals surface area contributed by atoms with E-state index in [0.717, 1.165) is 0 Å². The van der Waals surface area contributed by atoms with Crippen molar-refractivity contribution in [1.82, 2.24) is 0 Å². The summed E-state index contributed by atoms with van der Waals surface area (Å²) in [5, 5.41) is 0. The fourth-order valence-corrected chi connectivity index (χ4v) is 1.77. The van der Waals surface area contributed by atoms with Crippen LogP contribution in [0.3, 0.4) is 0 Å². The van der Waals surface area contributed by atoms with E-state index in [-0.39, 0.29) is 0 Å². The van der Waals surface area contributed by atoms with Crippen LogP contribution in [-0.4, -0.2) is 12.0 Å². The minimum atomic E-state index is -4.43. The van der Waals surface area contributed by atoms with Crippen molar-refractivity contribution >= 4 is 0 Å². The van der Waals surface area contributed by atoms with Gasteiger partial charge in [-0.1, -0.05) is 0 Å². The van der Waals surface area contributed by atoms with Crippen molar-refractivity contribution < 1.29 is 17.9 Å². The Bertz CT molecular complexity index is 146. The van der Waals surface area contributed by atoms with Gasteiger partial charge in [0.25, 0.3) is 0 Å². The lowest BCUT2D eigenvalue weighted by Crippen LogP contribution is -2.61. The Morgan fingerprint density at radius 3 is 1.80 bits per heavy atom. The molecular weight excluding hydrogens is 145 g/mol. The van der Waals surface area contributed by atoms with E-state index >= 15 is 0 Å². The summed E-state index contributed by atoms with van der Waals surface area (Å²) in [6.07, 6.45) is -2.57. The first-order valence-corrected chi connectivity index (χ1v) is 3.26. The van der Waals surface area contributed by atoms with Crippen molar-refractivity contribution in [1.29, 1.82) is 0 Å². The molecular formula is C6H7F3O. The fraction of sp³-hybridized carbons (Fsp3) is 1.00. The van der Waals surface area contributed by atoms with Crippen LogP contribution < -0.4 is 0 Å². The molecule has 0 aliphatic heterocycles. The van der Waals surface area contributed by atoms with Gasteiger partial charge in [-0.3, -0.25) is 4.74 Å². The second kappa shape index (κ2) is 1.49. The van der Waals surface area contributed by atoms with Gasteiger partial charge in [0.1, 0.15) is 0 Å². The number of hydrogen-bond acceptors (Lipinski definition) is 1. The molecule has 0 radical (unpaired) electrons. The van der Waals surface area contributed by atoms with E-state index < -0.39 is 12.0 Å². The van der Waals surface area contributed by atoms with E-state index in [1.807, 2.05) is 0 Å². The van der Waals surface area contributed by atoms with Gasteiger partial charge in [0.05, 0.1) is 5.60 Å². The standard InChI is InChI=1S/C6H7F3O/c7-6(8,9)10-5-1-4(2-5)3-5/h4H,1-3H2. The average Bonchev–Trinajstić information content (AvgIpc) is 1.48. The highest BCUT2D eigenvalue weighted by Crippen LogP contribution is 2.61. The molecule has 3 aliphatic rings. The zero-order valence-electron chi connectivity index (χ0n) is 5.24. The smallest absolute Gasteiger partial charge is 0.285 e. The summed E-state index contributed by atoms with van der Waals surface area (Å²) >= 11 is 0. The lowest BCUT2D eigenvalue weighted by atomic mass is 9.52. The molecule has 0 N–H and O–H groups in total. The third kappa shape index (κ3) is 0.820. The molecule has 0 spiro atoms. The zero-order valence-corrected chi connectivity index (χ0v) is 5.24. The van der Waals surface area contributed by atoms with Crippen LogP contribution in [0.25, 0.3) is 0 Å². The summed E-state index contributed by atoms with van der Waals surface area (Å²) in [5.74, 6) is 0.530. The van der Waals surface area contributed by atoms with Gasteiger partial charge >= 0.3 is 6.36 Å². The molecule has 0 heterocycles. The number of ether oxygens (including phenoxy) is 1. The van der Waals surface area contributed by atoms with E-state index in [1.54, 1.807) is 0 Å². The lowest BCUT2D eigenvalue weighted by molar-refractivity contribution is -0.413. The second-order valence-corrected chi connectivity index (χ2v) is 3.21. The molecule has 3 aliphatic carbocycles. The monoisotopic (exact) mass is 152 g/mol. The highest BCUT2D eigenvalue weighted by atomic mass is 19.4. The molecule has 0 saturated heterocycles. The second-order valence-electron chi connectivity index (χ2n) is 3.21. The van der Waals surface area contributed by atoms with Crippen molar-refractivity contribution in [2.45, 2.75) is 31.2 Å². The molecule has 58 valence electrons. The first-order valence-electron chi connectivity index (χ1n) is 3.26. The number of hydrogen-bond donors (Lipinski definition) is 0. The molecule has 1 nitrogen and oxygen atoms in total. The highest BCUT2D eigenvalue weighted by molar-refractivity contribution is 5.09. The van der Waals surface area contributed by atoms with Crippen molar-refractivity contribution in [3.05, 3.63) is 0 Å². The molecule has 3 fully saturated rings. The average molecular weight is 152 g/mol. The highest BCUT2D eigenvalue weighted by Gasteiger charge is 2.62. The number of halogens is 3. The van der Waals surface area contributed by atoms with Crippen LogP contribution in [0.1, 0.15) is 19.3 Å². The summed E-state index contributed by atoms with van der Waals surface area (Å²) < 4.78 is 38.7. The third-order valence-corrected chi connectivity index (χ3v) is 2.31. The van der Waals surface area contributed by atoms with Gasteiger partial charge < -0.3 is 0 Å². The first-order chi connectivity index (χ1) is 4.49. The van der Waals surface area contributed by atoms with Gasteiger partial charge in [-0.25, -0.2) is 0 Å². The van der Waals surface area contributed by atoms with Gasteiger partial charge in [-0.2, -0.15) is 0 Å². The van der Waals surface area contributed by atoms with Gasteiger partial charge in [-0.05, 0) is 25.2 Å².